The molecule has 0 spiro atoms. The number of hydrogen-bond donors (Lipinski definition) is 2. The number of nitrogens with zero attached hydrogens (tertiary/aromatic N) is 2. The van der Waals surface area contributed by atoms with E-state index < -0.39 is 7.14 Å². The average Bonchev–Trinajstić information content (AvgIpc) is 3.38. The van der Waals surface area contributed by atoms with Crippen LogP contribution >= 0.6 is 18.5 Å². The fraction of sp³-hybridized carbons (Fsp3) is 0.261. The van der Waals surface area contributed by atoms with Crippen molar-refractivity contribution in [2.75, 3.05) is 19.9 Å². The molecule has 4 aromatic rings. The molecule has 0 atom stereocenters. The third-order valence-corrected chi connectivity index (χ3v) is 8.91. The van der Waals surface area contributed by atoms with Crippen LogP contribution < -0.4 is 20.2 Å². The lowest BCUT2D eigenvalue weighted by Gasteiger charge is -2.10. The fourth-order valence-corrected chi connectivity index (χ4v) is 5.90. The molecule has 0 aromatic carbocycles. The van der Waals surface area contributed by atoms with E-state index in [2.05, 4.69) is 15.3 Å². The van der Waals surface area contributed by atoms with Crippen LogP contribution in [0.1, 0.15) is 23.0 Å². The predicted molar refractivity (Wildman–Crippen MR) is 133 cm³/mol. The summed E-state index contributed by atoms with van der Waals surface area (Å²) < 4.78 is 21.2. The van der Waals surface area contributed by atoms with Gasteiger partial charge in [-0.05, 0) is 39.3 Å². The van der Waals surface area contributed by atoms with Crippen LogP contribution in [0.15, 0.2) is 41.5 Å². The molecule has 0 aliphatic heterocycles. The Hall–Kier alpha value is -3.16. The monoisotopic (exact) mass is 484 g/mol. The topological polar surface area (TPSA) is 106 Å². The molecule has 0 aliphatic carbocycles. The SMILES string of the molecule is CCNC(=O)c1cc2c(-c3sc(P(C)(C)=O)cc3Oc3ncccc3C)cn(C)c(=O)c2[nH]1. The Labute approximate surface area is 195 Å². The van der Waals surface area contributed by atoms with Gasteiger partial charge in [-0.15, -0.1) is 11.3 Å². The van der Waals surface area contributed by atoms with E-state index in [0.29, 0.717) is 49.8 Å². The van der Waals surface area contributed by atoms with Crippen LogP contribution in [0, 0.1) is 6.92 Å². The van der Waals surface area contributed by atoms with Crippen molar-refractivity contribution in [3.63, 3.8) is 0 Å². The van der Waals surface area contributed by atoms with Gasteiger partial charge in [0.1, 0.15) is 24.1 Å². The normalized spacial score (nSPS) is 11.7. The molecule has 0 aliphatic rings. The number of pyridine rings is 2. The molecule has 4 heterocycles. The number of rotatable bonds is 6. The van der Waals surface area contributed by atoms with Gasteiger partial charge in [0.05, 0.1) is 9.50 Å². The predicted octanol–water partition coefficient (Wildman–Crippen LogP) is 4.09. The van der Waals surface area contributed by atoms with Crippen molar-refractivity contribution in [3.8, 4) is 22.1 Å². The van der Waals surface area contributed by atoms with Crippen LogP contribution in [0.3, 0.4) is 0 Å². The molecule has 0 radical (unpaired) electrons. The highest BCUT2D eigenvalue weighted by molar-refractivity contribution is 7.75. The molecule has 0 saturated carbocycles. The number of thiophene rings is 1. The number of aryl methyl sites for hydroxylation is 2. The van der Waals surface area contributed by atoms with Gasteiger partial charge in [0.25, 0.3) is 11.5 Å². The number of H-pyrrole nitrogens is 1. The molecule has 0 fully saturated rings. The van der Waals surface area contributed by atoms with E-state index in [1.54, 1.807) is 44.9 Å². The summed E-state index contributed by atoms with van der Waals surface area (Å²) in [5.41, 5.74) is 1.93. The van der Waals surface area contributed by atoms with E-state index in [9.17, 15) is 14.2 Å². The number of carbonyl (C=O) groups excluding carboxylic acids is 1. The Morgan fingerprint density at radius 1 is 1.33 bits per heavy atom. The van der Waals surface area contributed by atoms with Crippen molar-refractivity contribution in [2.24, 2.45) is 7.05 Å². The Balaban J connectivity index is 1.97. The zero-order chi connectivity index (χ0) is 23.9. The van der Waals surface area contributed by atoms with Gasteiger partial charge < -0.3 is 24.2 Å². The standard InChI is InChI=1S/C23H25N4O4PS/c1-6-24-21(28)16-10-14-15(12-27(3)23(29)19(14)26-16)20-17(11-18(33-20)32(4,5)30)31-22-13(2)8-7-9-25-22/h7-12,26H,6H2,1-5H3,(H,24,28). The molecular weight excluding hydrogens is 459 g/mol. The zero-order valence-electron chi connectivity index (χ0n) is 19.1. The highest BCUT2D eigenvalue weighted by Crippen LogP contribution is 2.47. The van der Waals surface area contributed by atoms with Gasteiger partial charge in [0.15, 0.2) is 0 Å². The minimum absolute atomic E-state index is 0.249. The van der Waals surface area contributed by atoms with E-state index in [4.69, 9.17) is 4.74 Å². The van der Waals surface area contributed by atoms with Gasteiger partial charge in [-0.3, -0.25) is 9.59 Å². The highest BCUT2D eigenvalue weighted by Gasteiger charge is 2.24. The minimum atomic E-state index is -2.58. The van der Waals surface area contributed by atoms with Crippen molar-refractivity contribution >= 4 is 39.9 Å². The number of amides is 1. The van der Waals surface area contributed by atoms with E-state index in [0.717, 1.165) is 5.56 Å². The number of carbonyl (C=O) groups is 1. The van der Waals surface area contributed by atoms with Gasteiger partial charge in [0.2, 0.25) is 5.88 Å². The van der Waals surface area contributed by atoms with Gasteiger partial charge in [0, 0.05) is 48.6 Å². The maximum Gasteiger partial charge on any atom is 0.274 e. The second kappa shape index (κ2) is 8.65. The Kier molecular flexibility index (Phi) is 6.03. The van der Waals surface area contributed by atoms with Crippen molar-refractivity contribution in [1.82, 2.24) is 19.9 Å². The molecule has 0 saturated heterocycles. The van der Waals surface area contributed by atoms with Gasteiger partial charge in [-0.1, -0.05) is 6.07 Å². The molecule has 0 bridgehead atoms. The largest absolute Gasteiger partial charge is 0.437 e. The maximum atomic E-state index is 12.9. The summed E-state index contributed by atoms with van der Waals surface area (Å²) in [4.78, 5) is 33.2. The third-order valence-electron chi connectivity index (χ3n) is 5.18. The summed E-state index contributed by atoms with van der Waals surface area (Å²) >= 11 is 1.36. The second-order valence-electron chi connectivity index (χ2n) is 8.15. The molecule has 1 amide bonds. The third kappa shape index (κ3) is 4.38. The van der Waals surface area contributed by atoms with Crippen LogP contribution in [0.25, 0.3) is 21.3 Å². The van der Waals surface area contributed by atoms with Gasteiger partial charge >= 0.3 is 0 Å². The number of fused-ring (bicyclic) bond motifs is 1. The maximum absolute atomic E-state index is 12.9. The van der Waals surface area contributed by atoms with E-state index in [1.165, 1.54) is 15.9 Å². The highest BCUT2D eigenvalue weighted by atomic mass is 32.1. The smallest absolute Gasteiger partial charge is 0.274 e. The van der Waals surface area contributed by atoms with Crippen LogP contribution in [0.2, 0.25) is 0 Å². The molecule has 10 heteroatoms. The lowest BCUT2D eigenvalue weighted by Crippen LogP contribution is -2.23. The summed E-state index contributed by atoms with van der Waals surface area (Å²) in [5, 5.41) is 3.34. The first kappa shape index (κ1) is 23.0. The van der Waals surface area contributed by atoms with Crippen LogP contribution in [0.5, 0.6) is 11.6 Å². The van der Waals surface area contributed by atoms with Gasteiger partial charge in [-0.2, -0.15) is 0 Å². The Bertz CT molecular complexity index is 1480. The van der Waals surface area contributed by atoms with Crippen molar-refractivity contribution < 1.29 is 14.1 Å². The molecule has 2 N–H and O–H groups in total. The van der Waals surface area contributed by atoms with Crippen LogP contribution in [-0.2, 0) is 11.6 Å². The number of ether oxygens (including phenoxy) is 1. The summed E-state index contributed by atoms with van der Waals surface area (Å²) in [7, 11) is -0.932. The molecule has 0 unspecified atom stereocenters. The molecule has 33 heavy (non-hydrogen) atoms. The molecule has 8 nitrogen and oxygen atoms in total. The molecular formula is C23H25N4O4PS. The van der Waals surface area contributed by atoms with Crippen LogP contribution in [-0.4, -0.2) is 40.3 Å². The Morgan fingerprint density at radius 2 is 2.09 bits per heavy atom. The number of hydrogen-bond acceptors (Lipinski definition) is 6. The fourth-order valence-electron chi connectivity index (χ4n) is 3.47. The Morgan fingerprint density at radius 3 is 2.76 bits per heavy atom. The van der Waals surface area contributed by atoms with E-state index >= 15 is 0 Å². The molecule has 4 aromatic heterocycles. The lowest BCUT2D eigenvalue weighted by atomic mass is 10.1. The minimum Gasteiger partial charge on any atom is -0.437 e. The zero-order valence-corrected chi connectivity index (χ0v) is 20.8. The molecule has 4 rings (SSSR count). The summed E-state index contributed by atoms with van der Waals surface area (Å²) in [5.74, 6) is 0.658. The van der Waals surface area contributed by atoms with E-state index in [1.807, 2.05) is 26.0 Å². The van der Waals surface area contributed by atoms with Crippen LogP contribution in [0.4, 0.5) is 0 Å². The van der Waals surface area contributed by atoms with Crippen molar-refractivity contribution in [1.29, 1.82) is 0 Å². The quantitative estimate of drug-likeness (QED) is 0.401. The van der Waals surface area contributed by atoms with E-state index in [-0.39, 0.29) is 11.5 Å². The summed E-state index contributed by atoms with van der Waals surface area (Å²) in [6.45, 7) is 7.61. The average molecular weight is 485 g/mol. The van der Waals surface area contributed by atoms with Gasteiger partial charge in [-0.25, -0.2) is 4.98 Å². The summed E-state index contributed by atoms with van der Waals surface area (Å²) in [6, 6.07) is 7.18. The first-order chi connectivity index (χ1) is 15.6. The first-order valence-electron chi connectivity index (χ1n) is 10.4. The number of aromatic amines is 1. The summed E-state index contributed by atoms with van der Waals surface area (Å²) in [6.07, 6.45) is 3.36. The molecule has 172 valence electrons. The number of aromatic nitrogens is 3. The first-order valence-corrected chi connectivity index (χ1v) is 13.8. The number of nitrogens with one attached hydrogen (secondary N) is 2. The lowest BCUT2D eigenvalue weighted by molar-refractivity contribution is 0.0951. The second-order valence-corrected chi connectivity index (χ2v) is 12.7. The van der Waals surface area contributed by atoms with Crippen molar-refractivity contribution in [2.45, 2.75) is 13.8 Å². The van der Waals surface area contributed by atoms with Crippen molar-refractivity contribution in [3.05, 3.63) is 58.3 Å².